The number of carbonyl (C=O) groups is 1. The first-order valence-electron chi connectivity index (χ1n) is 4.96. The molecule has 1 aliphatic carbocycles. The predicted octanol–water partition coefficient (Wildman–Crippen LogP) is 2.09. The molecule has 4 heteroatoms. The molecule has 15 heavy (non-hydrogen) atoms. The highest BCUT2D eigenvalue weighted by Gasteiger charge is 2.25. The predicted molar refractivity (Wildman–Crippen MR) is 60.9 cm³/mol. The fraction of sp³-hybridized carbons (Fsp3) is 0.545. The summed E-state index contributed by atoms with van der Waals surface area (Å²) in [6, 6.07) is 0. The van der Waals surface area contributed by atoms with E-state index in [1.807, 2.05) is 31.1 Å². The zero-order valence-electron chi connectivity index (χ0n) is 9.03. The fourth-order valence-electron chi connectivity index (χ4n) is 1.65. The molecule has 0 aromatic carbocycles. The van der Waals surface area contributed by atoms with Gasteiger partial charge in [-0.3, -0.25) is 4.79 Å². The third kappa shape index (κ3) is 3.36. The maximum absolute atomic E-state index is 11.1. The summed E-state index contributed by atoms with van der Waals surface area (Å²) in [5, 5.41) is 9.73. The molecule has 1 unspecified atom stereocenters. The summed E-state index contributed by atoms with van der Waals surface area (Å²) in [7, 11) is 3.72. The van der Waals surface area contributed by atoms with Crippen LogP contribution in [0.3, 0.4) is 0 Å². The third-order valence-electron chi connectivity index (χ3n) is 2.35. The Morgan fingerprint density at radius 3 is 2.60 bits per heavy atom. The van der Waals surface area contributed by atoms with Crippen LogP contribution in [0, 0.1) is 5.92 Å². The first-order valence-corrected chi connectivity index (χ1v) is 5.33. The Bertz CT molecular complexity index is 308. The second-order valence-corrected chi connectivity index (χ2v) is 4.35. The summed E-state index contributed by atoms with van der Waals surface area (Å²) in [5.74, 6) is -1.34. The van der Waals surface area contributed by atoms with Gasteiger partial charge in [0.05, 0.1) is 5.92 Å². The number of carboxylic acid groups (broad SMARTS) is 1. The van der Waals surface area contributed by atoms with E-state index in [1.165, 1.54) is 0 Å². The quantitative estimate of drug-likeness (QED) is 0.803. The Labute approximate surface area is 95.0 Å². The van der Waals surface area contributed by atoms with Gasteiger partial charge in [-0.1, -0.05) is 23.8 Å². The van der Waals surface area contributed by atoms with Crippen LogP contribution in [0.2, 0.25) is 0 Å². The minimum absolute atomic E-state index is 0.477. The number of hydrogen-bond acceptors (Lipinski definition) is 2. The number of allylic oxidation sites excluding steroid dienone is 3. The lowest BCUT2D eigenvalue weighted by molar-refractivity contribution is -0.140. The first kappa shape index (κ1) is 12.3. The van der Waals surface area contributed by atoms with E-state index in [1.54, 1.807) is 0 Å². The van der Waals surface area contributed by atoms with Crippen LogP contribution in [-0.4, -0.2) is 36.6 Å². The van der Waals surface area contributed by atoms with Crippen LogP contribution in [0.25, 0.3) is 0 Å². The third-order valence-corrected chi connectivity index (χ3v) is 2.72. The van der Waals surface area contributed by atoms with Crippen LogP contribution in [0.5, 0.6) is 0 Å². The van der Waals surface area contributed by atoms with E-state index >= 15 is 0 Å². The van der Waals surface area contributed by atoms with Crippen molar-refractivity contribution in [1.29, 1.82) is 0 Å². The molecule has 0 saturated heterocycles. The second-order valence-electron chi connectivity index (χ2n) is 3.94. The summed E-state index contributed by atoms with van der Waals surface area (Å²) in [5.41, 5.74) is 0.754. The summed E-state index contributed by atoms with van der Waals surface area (Å²) < 4.78 is 0. The van der Waals surface area contributed by atoms with Gasteiger partial charge in [-0.15, -0.1) is 0 Å². The minimum Gasteiger partial charge on any atom is -0.481 e. The molecule has 0 bridgehead atoms. The molecule has 84 valence electrons. The topological polar surface area (TPSA) is 40.5 Å². The van der Waals surface area contributed by atoms with Gasteiger partial charge in [0.15, 0.2) is 0 Å². The van der Waals surface area contributed by atoms with E-state index in [0.29, 0.717) is 11.6 Å². The van der Waals surface area contributed by atoms with Gasteiger partial charge in [-0.2, -0.15) is 0 Å². The average molecular weight is 230 g/mol. The standard InChI is InChI=1S/C11H16ClNO2/c1-13(2)7-9(11(14)15)8-5-3-4-6-10(8)12/h5-6,9H,3-4,7H2,1-2H3,(H,14,15). The van der Waals surface area contributed by atoms with Gasteiger partial charge < -0.3 is 10.0 Å². The number of carboxylic acids is 1. The van der Waals surface area contributed by atoms with Crippen molar-refractivity contribution in [2.75, 3.05) is 20.6 Å². The van der Waals surface area contributed by atoms with E-state index in [4.69, 9.17) is 16.7 Å². The first-order chi connectivity index (χ1) is 7.02. The lowest BCUT2D eigenvalue weighted by Crippen LogP contribution is -2.29. The molecule has 1 aliphatic rings. The average Bonchev–Trinajstić information content (AvgIpc) is 2.15. The van der Waals surface area contributed by atoms with E-state index in [-0.39, 0.29) is 0 Å². The maximum atomic E-state index is 11.1. The molecule has 1 rings (SSSR count). The maximum Gasteiger partial charge on any atom is 0.312 e. The normalized spacial score (nSPS) is 18.4. The molecule has 0 radical (unpaired) electrons. The molecular formula is C11H16ClNO2. The largest absolute Gasteiger partial charge is 0.481 e. The molecule has 3 nitrogen and oxygen atoms in total. The van der Waals surface area contributed by atoms with Crippen LogP contribution < -0.4 is 0 Å². The van der Waals surface area contributed by atoms with Crippen LogP contribution in [0.4, 0.5) is 0 Å². The van der Waals surface area contributed by atoms with Crippen molar-refractivity contribution in [1.82, 2.24) is 4.90 Å². The lowest BCUT2D eigenvalue weighted by atomic mass is 9.93. The van der Waals surface area contributed by atoms with Gasteiger partial charge in [-0.05, 0) is 32.5 Å². The van der Waals surface area contributed by atoms with Crippen LogP contribution in [0.1, 0.15) is 12.8 Å². The Morgan fingerprint density at radius 2 is 2.13 bits per heavy atom. The number of nitrogens with zero attached hydrogens (tertiary/aromatic N) is 1. The van der Waals surface area contributed by atoms with Gasteiger partial charge in [0.25, 0.3) is 0 Å². The summed E-state index contributed by atoms with van der Waals surface area (Å²) >= 11 is 6.02. The summed E-state index contributed by atoms with van der Waals surface area (Å²) in [6.07, 6.45) is 5.60. The van der Waals surface area contributed by atoms with Crippen molar-refractivity contribution in [3.8, 4) is 0 Å². The molecule has 0 aromatic rings. The van der Waals surface area contributed by atoms with Crippen LogP contribution in [-0.2, 0) is 4.79 Å². The highest BCUT2D eigenvalue weighted by atomic mass is 35.5. The Morgan fingerprint density at radius 1 is 1.53 bits per heavy atom. The van der Waals surface area contributed by atoms with Crippen LogP contribution >= 0.6 is 11.6 Å². The minimum atomic E-state index is -0.816. The smallest absolute Gasteiger partial charge is 0.312 e. The van der Waals surface area contributed by atoms with Gasteiger partial charge >= 0.3 is 5.97 Å². The molecule has 0 fully saturated rings. The van der Waals surface area contributed by atoms with Gasteiger partial charge in [0, 0.05) is 11.6 Å². The number of aliphatic carboxylic acids is 1. The van der Waals surface area contributed by atoms with Crippen molar-refractivity contribution in [3.05, 3.63) is 22.8 Å². The van der Waals surface area contributed by atoms with E-state index in [2.05, 4.69) is 0 Å². The zero-order chi connectivity index (χ0) is 11.4. The van der Waals surface area contributed by atoms with Gasteiger partial charge in [-0.25, -0.2) is 0 Å². The van der Waals surface area contributed by atoms with Crippen molar-refractivity contribution < 1.29 is 9.90 Å². The molecule has 1 N–H and O–H groups in total. The lowest BCUT2D eigenvalue weighted by Gasteiger charge is -2.21. The molecule has 0 saturated carbocycles. The fourth-order valence-corrected chi connectivity index (χ4v) is 1.97. The monoisotopic (exact) mass is 229 g/mol. The van der Waals surface area contributed by atoms with Crippen LogP contribution in [0.15, 0.2) is 22.8 Å². The Hall–Kier alpha value is -0.800. The number of halogens is 1. The second kappa shape index (κ2) is 5.33. The van der Waals surface area contributed by atoms with Crippen molar-refractivity contribution in [3.63, 3.8) is 0 Å². The van der Waals surface area contributed by atoms with E-state index in [9.17, 15) is 4.79 Å². The summed E-state index contributed by atoms with van der Waals surface area (Å²) in [6.45, 7) is 0.477. The Balaban J connectivity index is 2.84. The molecule has 0 aromatic heterocycles. The molecule has 0 spiro atoms. The number of hydrogen-bond donors (Lipinski definition) is 1. The van der Waals surface area contributed by atoms with Crippen molar-refractivity contribution in [2.24, 2.45) is 5.92 Å². The molecule has 0 aliphatic heterocycles. The Kier molecular flexibility index (Phi) is 4.36. The highest BCUT2D eigenvalue weighted by Crippen LogP contribution is 2.29. The highest BCUT2D eigenvalue weighted by molar-refractivity contribution is 6.32. The van der Waals surface area contributed by atoms with E-state index < -0.39 is 11.9 Å². The number of rotatable bonds is 4. The zero-order valence-corrected chi connectivity index (χ0v) is 9.79. The molecule has 0 amide bonds. The molecule has 1 atom stereocenters. The van der Waals surface area contributed by atoms with Gasteiger partial charge in [0.1, 0.15) is 0 Å². The SMILES string of the molecule is CN(C)CC(C(=O)O)C1=CCCC=C1Cl. The van der Waals surface area contributed by atoms with E-state index in [0.717, 1.165) is 18.4 Å². The molecular weight excluding hydrogens is 214 g/mol. The van der Waals surface area contributed by atoms with Gasteiger partial charge in [0.2, 0.25) is 0 Å². The summed E-state index contributed by atoms with van der Waals surface area (Å²) in [4.78, 5) is 13.0. The van der Waals surface area contributed by atoms with Crippen molar-refractivity contribution in [2.45, 2.75) is 12.8 Å². The molecule has 0 heterocycles. The van der Waals surface area contributed by atoms with Crippen molar-refractivity contribution >= 4 is 17.6 Å².